The molecule has 0 saturated heterocycles. The van der Waals surface area contributed by atoms with Crippen LogP contribution in [-0.2, 0) is 0 Å². The minimum Gasteiger partial charge on any atom is -0.311 e. The number of benzene rings is 10. The molecule has 288 valence electrons. The molecule has 0 spiro atoms. The van der Waals surface area contributed by atoms with E-state index in [0.717, 1.165) is 34.1 Å². The van der Waals surface area contributed by atoms with Crippen molar-refractivity contribution in [2.75, 3.05) is 9.80 Å². The van der Waals surface area contributed by atoms with Crippen LogP contribution in [0.5, 0.6) is 0 Å². The molecule has 0 saturated carbocycles. The summed E-state index contributed by atoms with van der Waals surface area (Å²) >= 11 is 1.86. The molecule has 2 nitrogen and oxygen atoms in total. The second kappa shape index (κ2) is 15.8. The second-order valence-corrected chi connectivity index (χ2v) is 16.4. The van der Waals surface area contributed by atoms with E-state index in [1.165, 1.54) is 64.3 Å². The van der Waals surface area contributed by atoms with E-state index in [-0.39, 0.29) is 0 Å². The van der Waals surface area contributed by atoms with Gasteiger partial charge in [-0.2, -0.15) is 0 Å². The molecule has 0 N–H and O–H groups in total. The average molecular weight is 797 g/mol. The number of hydrogen-bond acceptors (Lipinski definition) is 3. The lowest BCUT2D eigenvalue weighted by atomic mass is 9.95. The molecule has 0 aliphatic heterocycles. The van der Waals surface area contributed by atoms with Crippen LogP contribution in [-0.4, -0.2) is 0 Å². The van der Waals surface area contributed by atoms with Crippen LogP contribution in [0.15, 0.2) is 243 Å². The third kappa shape index (κ3) is 6.91. The summed E-state index contributed by atoms with van der Waals surface area (Å²) in [6.45, 7) is 0. The molecule has 0 bridgehead atoms. The first-order valence-electron chi connectivity index (χ1n) is 20.7. The van der Waals surface area contributed by atoms with Crippen LogP contribution in [0.4, 0.5) is 34.1 Å². The molecule has 0 unspecified atom stereocenters. The molecule has 10 aromatic carbocycles. The summed E-state index contributed by atoms with van der Waals surface area (Å²) in [6.07, 6.45) is 0. The number of thiophene rings is 1. The van der Waals surface area contributed by atoms with Crippen LogP contribution >= 0.6 is 11.3 Å². The quantitative estimate of drug-likeness (QED) is 0.144. The fourth-order valence-electron chi connectivity index (χ4n) is 8.72. The van der Waals surface area contributed by atoms with E-state index in [4.69, 9.17) is 0 Å². The van der Waals surface area contributed by atoms with Gasteiger partial charge in [0, 0.05) is 54.2 Å². The highest BCUT2D eigenvalue weighted by Crippen LogP contribution is 2.46. The van der Waals surface area contributed by atoms with Crippen LogP contribution < -0.4 is 9.80 Å². The molecular formula is C58H40N2S. The Hall–Kier alpha value is -7.72. The Balaban J connectivity index is 0.979. The lowest BCUT2D eigenvalue weighted by Gasteiger charge is -2.29. The number of hydrogen-bond donors (Lipinski definition) is 0. The Bertz CT molecular complexity index is 3240. The number of nitrogens with zero attached hydrogens (tertiary/aromatic N) is 2. The van der Waals surface area contributed by atoms with Gasteiger partial charge in [-0.25, -0.2) is 0 Å². The Kier molecular flexibility index (Phi) is 9.42. The first kappa shape index (κ1) is 36.4. The lowest BCUT2D eigenvalue weighted by molar-refractivity contribution is 1.28. The van der Waals surface area contributed by atoms with Gasteiger partial charge in [-0.05, 0) is 117 Å². The summed E-state index contributed by atoms with van der Waals surface area (Å²) in [4.78, 5) is 4.74. The monoisotopic (exact) mass is 796 g/mol. The van der Waals surface area contributed by atoms with E-state index in [9.17, 15) is 0 Å². The van der Waals surface area contributed by atoms with Crippen molar-refractivity contribution in [3.8, 4) is 33.4 Å². The third-order valence-corrected chi connectivity index (χ3v) is 12.8. The van der Waals surface area contributed by atoms with E-state index < -0.39 is 0 Å². The van der Waals surface area contributed by atoms with Crippen molar-refractivity contribution in [2.45, 2.75) is 0 Å². The summed E-state index contributed by atoms with van der Waals surface area (Å²) < 4.78 is 2.58. The Morgan fingerprint density at radius 1 is 0.262 bits per heavy atom. The summed E-state index contributed by atoms with van der Waals surface area (Å²) in [7, 11) is 0. The molecule has 1 aromatic heterocycles. The summed E-state index contributed by atoms with van der Waals surface area (Å²) in [5.74, 6) is 0. The second-order valence-electron chi connectivity index (χ2n) is 15.3. The van der Waals surface area contributed by atoms with Crippen molar-refractivity contribution in [1.82, 2.24) is 0 Å². The van der Waals surface area contributed by atoms with Crippen LogP contribution in [0.25, 0.3) is 64.3 Å². The highest BCUT2D eigenvalue weighted by molar-refractivity contribution is 7.25. The SMILES string of the molecule is c1ccc(-c2c(N(c3ccc(-c4cccc(-c5ccc(N(c6ccccc6)c6ccccc6)cc5)c4)cc3)c3ccc4c(c3)sc3ccccc34)ccc3ccccc23)cc1. The highest BCUT2D eigenvalue weighted by atomic mass is 32.1. The standard InChI is InChI=1S/C58H40N2S/c1-4-16-44(17-5-1)58-52-24-11-10-15-43(52)31-38-55(58)60(51-36-37-54-53-25-12-13-26-56(53)61-57(54)40-51)50-34-29-42(30-35-50)46-19-14-18-45(39-46)41-27-32-49(33-28-41)59(47-20-6-2-7-21-47)48-22-8-3-9-23-48/h1-40H. The van der Waals surface area contributed by atoms with Gasteiger partial charge in [-0.1, -0.05) is 164 Å². The van der Waals surface area contributed by atoms with Gasteiger partial charge >= 0.3 is 0 Å². The summed E-state index contributed by atoms with van der Waals surface area (Å²) in [5, 5.41) is 5.05. The number of para-hydroxylation sites is 2. The van der Waals surface area contributed by atoms with E-state index in [2.05, 4.69) is 252 Å². The van der Waals surface area contributed by atoms with Crippen molar-refractivity contribution >= 4 is 76.4 Å². The molecule has 61 heavy (non-hydrogen) atoms. The number of rotatable bonds is 9. The molecule has 3 heteroatoms. The third-order valence-electron chi connectivity index (χ3n) is 11.6. The Morgan fingerprint density at radius 2 is 0.754 bits per heavy atom. The molecule has 0 radical (unpaired) electrons. The first-order valence-corrected chi connectivity index (χ1v) is 21.6. The summed E-state index contributed by atoms with van der Waals surface area (Å²) in [5.41, 5.74) is 13.9. The Labute approximate surface area is 360 Å². The summed E-state index contributed by atoms with van der Waals surface area (Å²) in [6, 6.07) is 87.8. The molecule has 11 rings (SSSR count). The minimum atomic E-state index is 1.10. The minimum absolute atomic E-state index is 1.10. The van der Waals surface area contributed by atoms with Gasteiger partial charge in [0.1, 0.15) is 0 Å². The van der Waals surface area contributed by atoms with Crippen LogP contribution in [0.2, 0.25) is 0 Å². The van der Waals surface area contributed by atoms with Gasteiger partial charge in [0.2, 0.25) is 0 Å². The van der Waals surface area contributed by atoms with E-state index in [1.54, 1.807) is 0 Å². The number of anilines is 6. The average Bonchev–Trinajstić information content (AvgIpc) is 3.71. The fraction of sp³-hybridized carbons (Fsp3) is 0. The maximum absolute atomic E-state index is 2.44. The molecular weight excluding hydrogens is 757 g/mol. The zero-order chi connectivity index (χ0) is 40.5. The Morgan fingerprint density at radius 3 is 1.41 bits per heavy atom. The maximum Gasteiger partial charge on any atom is 0.0546 e. The van der Waals surface area contributed by atoms with Crippen molar-refractivity contribution in [1.29, 1.82) is 0 Å². The topological polar surface area (TPSA) is 6.48 Å². The van der Waals surface area contributed by atoms with Gasteiger partial charge < -0.3 is 9.80 Å². The van der Waals surface area contributed by atoms with Gasteiger partial charge in [-0.15, -0.1) is 11.3 Å². The van der Waals surface area contributed by atoms with Crippen molar-refractivity contribution < 1.29 is 0 Å². The largest absolute Gasteiger partial charge is 0.311 e. The van der Waals surface area contributed by atoms with Crippen molar-refractivity contribution in [3.05, 3.63) is 243 Å². The van der Waals surface area contributed by atoms with Crippen molar-refractivity contribution in [3.63, 3.8) is 0 Å². The normalized spacial score (nSPS) is 11.3. The smallest absolute Gasteiger partial charge is 0.0546 e. The molecule has 0 fully saturated rings. The van der Waals surface area contributed by atoms with E-state index in [1.807, 2.05) is 11.3 Å². The maximum atomic E-state index is 2.44. The molecule has 0 amide bonds. The van der Waals surface area contributed by atoms with Crippen molar-refractivity contribution in [2.24, 2.45) is 0 Å². The zero-order valence-corrected chi connectivity index (χ0v) is 34.2. The van der Waals surface area contributed by atoms with Crippen LogP contribution in [0.1, 0.15) is 0 Å². The number of fused-ring (bicyclic) bond motifs is 4. The van der Waals surface area contributed by atoms with Crippen LogP contribution in [0.3, 0.4) is 0 Å². The molecule has 0 aliphatic carbocycles. The molecule has 11 aromatic rings. The highest BCUT2D eigenvalue weighted by Gasteiger charge is 2.21. The van der Waals surface area contributed by atoms with E-state index in [0.29, 0.717) is 0 Å². The van der Waals surface area contributed by atoms with Gasteiger partial charge in [0.15, 0.2) is 0 Å². The fourth-order valence-corrected chi connectivity index (χ4v) is 9.86. The van der Waals surface area contributed by atoms with Crippen LogP contribution in [0, 0.1) is 0 Å². The first-order chi connectivity index (χ1) is 30.2. The molecule has 1 heterocycles. The van der Waals surface area contributed by atoms with Gasteiger partial charge in [0.05, 0.1) is 5.69 Å². The molecule has 0 atom stereocenters. The van der Waals surface area contributed by atoms with E-state index >= 15 is 0 Å². The van der Waals surface area contributed by atoms with Gasteiger partial charge in [-0.3, -0.25) is 0 Å². The van der Waals surface area contributed by atoms with Gasteiger partial charge in [0.25, 0.3) is 0 Å². The zero-order valence-electron chi connectivity index (χ0n) is 33.4. The predicted octanol–water partition coefficient (Wildman–Crippen LogP) is 17.1. The predicted molar refractivity (Wildman–Crippen MR) is 263 cm³/mol. The molecule has 0 aliphatic rings. The lowest BCUT2D eigenvalue weighted by Crippen LogP contribution is -2.11.